The second-order valence-corrected chi connectivity index (χ2v) is 6.43. The summed E-state index contributed by atoms with van der Waals surface area (Å²) < 4.78 is 4.93. The molecule has 4 rings (SSSR count). The zero-order chi connectivity index (χ0) is 20.8. The topological polar surface area (TPSA) is 102 Å². The highest BCUT2D eigenvalue weighted by Crippen LogP contribution is 2.29. The van der Waals surface area contributed by atoms with Gasteiger partial charge in [0.15, 0.2) is 0 Å². The molecule has 0 aliphatic carbocycles. The zero-order valence-corrected chi connectivity index (χ0v) is 16.4. The van der Waals surface area contributed by atoms with Gasteiger partial charge in [-0.15, -0.1) is 0 Å². The first-order valence-electron chi connectivity index (χ1n) is 9.43. The van der Waals surface area contributed by atoms with Gasteiger partial charge in [0, 0.05) is 31.7 Å². The molecule has 2 amide bonds. The van der Waals surface area contributed by atoms with E-state index in [1.54, 1.807) is 31.6 Å². The van der Waals surface area contributed by atoms with Crippen molar-refractivity contribution in [2.24, 2.45) is 0 Å². The van der Waals surface area contributed by atoms with Gasteiger partial charge in [-0.05, 0) is 42.5 Å². The lowest BCUT2D eigenvalue weighted by Gasteiger charge is -2.11. The Labute approximate surface area is 173 Å². The molecule has 30 heavy (non-hydrogen) atoms. The first kappa shape index (κ1) is 19.4. The number of urea groups is 1. The maximum absolute atomic E-state index is 12.0. The molecule has 150 valence electrons. The van der Waals surface area contributed by atoms with Crippen molar-refractivity contribution < 1.29 is 9.53 Å². The summed E-state index contributed by atoms with van der Waals surface area (Å²) in [4.78, 5) is 30.5. The summed E-state index contributed by atoms with van der Waals surface area (Å²) in [6.07, 6.45) is 3.43. The second kappa shape index (κ2) is 9.06. The van der Waals surface area contributed by atoms with Gasteiger partial charge in [-0.2, -0.15) is 0 Å². The summed E-state index contributed by atoms with van der Waals surface area (Å²) in [5.41, 5.74) is 4.65. The van der Waals surface area contributed by atoms with Crippen LogP contribution < -0.4 is 10.6 Å². The average Bonchev–Trinajstić information content (AvgIpc) is 2.79. The van der Waals surface area contributed by atoms with Crippen LogP contribution in [0.15, 0.2) is 67.0 Å². The number of carbonyl (C=O) groups excluding carboxylic acids is 1. The predicted molar refractivity (Wildman–Crippen MR) is 115 cm³/mol. The Bertz CT molecular complexity index is 1150. The third-order valence-electron chi connectivity index (χ3n) is 4.33. The number of nitrogens with zero attached hydrogens (tertiary/aromatic N) is 4. The minimum Gasteiger partial charge on any atom is -0.383 e. The van der Waals surface area contributed by atoms with Gasteiger partial charge in [-0.1, -0.05) is 12.1 Å². The molecule has 4 aromatic rings. The highest BCUT2D eigenvalue weighted by Gasteiger charge is 2.15. The van der Waals surface area contributed by atoms with Crippen LogP contribution in [0.1, 0.15) is 0 Å². The summed E-state index contributed by atoms with van der Waals surface area (Å²) in [6, 6.07) is 16.4. The molecule has 0 radical (unpaired) electrons. The van der Waals surface area contributed by atoms with E-state index in [9.17, 15) is 4.79 Å². The molecular weight excluding hydrogens is 380 g/mol. The van der Waals surface area contributed by atoms with Gasteiger partial charge in [-0.25, -0.2) is 14.8 Å². The fourth-order valence-corrected chi connectivity index (χ4v) is 2.94. The number of hydrogen-bond acceptors (Lipinski definition) is 6. The Balaban J connectivity index is 1.73. The van der Waals surface area contributed by atoms with Crippen molar-refractivity contribution in [3.05, 3.63) is 67.0 Å². The van der Waals surface area contributed by atoms with Crippen LogP contribution in [0, 0.1) is 0 Å². The average molecular weight is 400 g/mol. The minimum absolute atomic E-state index is 0.311. The molecule has 0 atom stereocenters. The number of carbonyl (C=O) groups is 1. The summed E-state index contributed by atoms with van der Waals surface area (Å²) in [5.74, 6) is 0. The van der Waals surface area contributed by atoms with E-state index in [2.05, 4.69) is 20.6 Å². The van der Waals surface area contributed by atoms with Crippen LogP contribution in [0.2, 0.25) is 0 Å². The highest BCUT2D eigenvalue weighted by atomic mass is 16.5. The van der Waals surface area contributed by atoms with Crippen LogP contribution in [0.25, 0.3) is 33.8 Å². The Morgan fingerprint density at radius 1 is 0.900 bits per heavy atom. The highest BCUT2D eigenvalue weighted by molar-refractivity contribution is 5.93. The van der Waals surface area contributed by atoms with Crippen LogP contribution >= 0.6 is 0 Å². The third-order valence-corrected chi connectivity index (χ3v) is 4.33. The van der Waals surface area contributed by atoms with Crippen molar-refractivity contribution in [3.8, 4) is 22.8 Å². The van der Waals surface area contributed by atoms with E-state index < -0.39 is 0 Å². The van der Waals surface area contributed by atoms with E-state index in [1.807, 2.05) is 42.5 Å². The molecule has 0 spiro atoms. The van der Waals surface area contributed by atoms with Crippen molar-refractivity contribution in [2.45, 2.75) is 0 Å². The monoisotopic (exact) mass is 400 g/mol. The number of benzene rings is 1. The second-order valence-electron chi connectivity index (χ2n) is 6.43. The normalized spacial score (nSPS) is 10.7. The molecule has 1 aromatic carbocycles. The molecule has 0 saturated heterocycles. The van der Waals surface area contributed by atoms with Crippen molar-refractivity contribution in [2.75, 3.05) is 25.6 Å². The summed E-state index contributed by atoms with van der Waals surface area (Å²) in [7, 11) is 1.58. The van der Waals surface area contributed by atoms with Gasteiger partial charge >= 0.3 is 6.03 Å². The van der Waals surface area contributed by atoms with E-state index >= 15 is 0 Å². The third kappa shape index (κ3) is 4.39. The van der Waals surface area contributed by atoms with Crippen molar-refractivity contribution in [1.29, 1.82) is 0 Å². The van der Waals surface area contributed by atoms with Crippen LogP contribution in [-0.4, -0.2) is 46.2 Å². The van der Waals surface area contributed by atoms with Crippen LogP contribution in [-0.2, 0) is 4.74 Å². The van der Waals surface area contributed by atoms with Gasteiger partial charge in [0.05, 0.1) is 29.0 Å². The van der Waals surface area contributed by atoms with E-state index in [0.29, 0.717) is 52.6 Å². The zero-order valence-electron chi connectivity index (χ0n) is 16.4. The molecule has 8 heteroatoms. The number of pyridine rings is 2. The molecular formula is C22H20N6O2. The molecule has 0 aliphatic rings. The number of hydrogen-bond donors (Lipinski definition) is 2. The van der Waals surface area contributed by atoms with Gasteiger partial charge in [0.2, 0.25) is 0 Å². The number of rotatable bonds is 6. The quantitative estimate of drug-likeness (QED) is 0.480. The lowest BCUT2D eigenvalue weighted by atomic mass is 10.1. The van der Waals surface area contributed by atoms with Gasteiger partial charge < -0.3 is 15.4 Å². The van der Waals surface area contributed by atoms with E-state index in [-0.39, 0.29) is 6.03 Å². The first-order chi connectivity index (χ1) is 14.7. The van der Waals surface area contributed by atoms with Gasteiger partial charge in [0.25, 0.3) is 0 Å². The molecule has 3 heterocycles. The van der Waals surface area contributed by atoms with Crippen LogP contribution in [0.5, 0.6) is 0 Å². The van der Waals surface area contributed by atoms with Crippen molar-refractivity contribution in [3.63, 3.8) is 0 Å². The standard InChI is InChI=1S/C22H20N6O2/c1-30-13-12-25-22(29)26-15-8-9-16-19(14-15)28-21(18-7-3-5-11-24-18)20(27-16)17-6-2-4-10-23-17/h2-11,14H,12-13H2,1H3,(H2,25,26,29). The Morgan fingerprint density at radius 3 is 2.17 bits per heavy atom. The fraction of sp³-hybridized carbons (Fsp3) is 0.136. The minimum atomic E-state index is -0.311. The molecule has 0 fully saturated rings. The predicted octanol–water partition coefficient (Wildman–Crippen LogP) is 3.52. The SMILES string of the molecule is COCCNC(=O)Nc1ccc2nc(-c3ccccn3)c(-c3ccccn3)nc2c1. The van der Waals surface area contributed by atoms with E-state index in [4.69, 9.17) is 14.7 Å². The first-order valence-corrected chi connectivity index (χ1v) is 9.43. The molecule has 8 nitrogen and oxygen atoms in total. The largest absolute Gasteiger partial charge is 0.383 e. The van der Waals surface area contributed by atoms with E-state index in [1.165, 1.54) is 0 Å². The molecule has 0 aliphatic heterocycles. The maximum atomic E-state index is 12.0. The molecule has 2 N–H and O–H groups in total. The Hall–Kier alpha value is -3.91. The van der Waals surface area contributed by atoms with Crippen LogP contribution in [0.3, 0.4) is 0 Å². The summed E-state index contributed by atoms with van der Waals surface area (Å²) in [5, 5.41) is 5.52. The molecule has 0 unspecified atom stereocenters. The van der Waals surface area contributed by atoms with Gasteiger partial charge in [-0.3, -0.25) is 9.97 Å². The number of fused-ring (bicyclic) bond motifs is 1. The number of amides is 2. The lowest BCUT2D eigenvalue weighted by molar-refractivity contribution is 0.198. The lowest BCUT2D eigenvalue weighted by Crippen LogP contribution is -2.31. The van der Waals surface area contributed by atoms with E-state index in [0.717, 1.165) is 0 Å². The fourth-order valence-electron chi connectivity index (χ4n) is 2.94. The number of anilines is 1. The maximum Gasteiger partial charge on any atom is 0.319 e. The smallest absolute Gasteiger partial charge is 0.319 e. The summed E-state index contributed by atoms with van der Waals surface area (Å²) >= 11 is 0. The molecule has 0 bridgehead atoms. The Kier molecular flexibility index (Phi) is 5.86. The van der Waals surface area contributed by atoms with Crippen molar-refractivity contribution in [1.82, 2.24) is 25.3 Å². The van der Waals surface area contributed by atoms with Crippen LogP contribution in [0.4, 0.5) is 10.5 Å². The molecule has 3 aromatic heterocycles. The number of aromatic nitrogens is 4. The number of nitrogens with one attached hydrogen (secondary N) is 2. The molecule has 0 saturated carbocycles. The number of ether oxygens (including phenoxy) is 1. The summed E-state index contributed by atoms with van der Waals surface area (Å²) in [6.45, 7) is 0.868. The number of methoxy groups -OCH3 is 1. The van der Waals surface area contributed by atoms with Gasteiger partial charge in [0.1, 0.15) is 11.4 Å². The van der Waals surface area contributed by atoms with Crippen molar-refractivity contribution >= 4 is 22.8 Å². The Morgan fingerprint density at radius 2 is 1.57 bits per heavy atom.